The maximum absolute atomic E-state index is 5.69. The second-order valence-corrected chi connectivity index (χ2v) is 6.80. The van der Waals surface area contributed by atoms with Crippen LogP contribution in [0.4, 0.5) is 0 Å². The van der Waals surface area contributed by atoms with Crippen LogP contribution in [0.2, 0.25) is 0 Å². The highest BCUT2D eigenvalue weighted by Gasteiger charge is 2.17. The number of methoxy groups -OCH3 is 1. The van der Waals surface area contributed by atoms with Gasteiger partial charge in [0, 0.05) is 21.9 Å². The van der Waals surface area contributed by atoms with Gasteiger partial charge in [-0.25, -0.2) is 0 Å². The van der Waals surface area contributed by atoms with Crippen LogP contribution in [0.5, 0.6) is 5.75 Å². The van der Waals surface area contributed by atoms with Crippen molar-refractivity contribution in [3.05, 3.63) is 40.8 Å². The van der Waals surface area contributed by atoms with E-state index in [2.05, 4.69) is 51.1 Å². The normalized spacial score (nSPS) is 11.6. The van der Waals surface area contributed by atoms with Crippen LogP contribution >= 0.6 is 11.3 Å². The molecule has 0 fully saturated rings. The van der Waals surface area contributed by atoms with Gasteiger partial charge in [0.05, 0.1) is 7.11 Å². The summed E-state index contributed by atoms with van der Waals surface area (Å²) in [4.78, 5) is 2.40. The van der Waals surface area contributed by atoms with Crippen molar-refractivity contribution in [1.82, 2.24) is 0 Å². The Morgan fingerprint density at radius 3 is 2.42 bits per heavy atom. The first-order valence-corrected chi connectivity index (χ1v) is 7.25. The van der Waals surface area contributed by atoms with Crippen LogP contribution < -0.4 is 10.5 Å². The standard InChI is InChI=1S/C16H21NOS/c1-16(2,3)11-5-7-14(18-4)13(9-11)15-8-6-12(10-17)19-15/h5-9H,10,17H2,1-4H3. The van der Waals surface area contributed by atoms with Crippen LogP contribution in [0, 0.1) is 0 Å². The number of thiophene rings is 1. The van der Waals surface area contributed by atoms with Crippen molar-refractivity contribution in [3.63, 3.8) is 0 Å². The van der Waals surface area contributed by atoms with E-state index in [4.69, 9.17) is 10.5 Å². The van der Waals surface area contributed by atoms with Crippen molar-refractivity contribution in [3.8, 4) is 16.2 Å². The minimum Gasteiger partial charge on any atom is -0.496 e. The zero-order chi connectivity index (χ0) is 14.0. The second-order valence-electron chi connectivity index (χ2n) is 5.64. The van der Waals surface area contributed by atoms with Crippen molar-refractivity contribution in [2.75, 3.05) is 7.11 Å². The number of benzene rings is 1. The quantitative estimate of drug-likeness (QED) is 0.912. The van der Waals surface area contributed by atoms with Crippen molar-refractivity contribution >= 4 is 11.3 Å². The Morgan fingerprint density at radius 1 is 1.16 bits per heavy atom. The zero-order valence-corrected chi connectivity index (χ0v) is 12.8. The van der Waals surface area contributed by atoms with Crippen LogP contribution in [0.1, 0.15) is 31.2 Å². The minimum absolute atomic E-state index is 0.134. The van der Waals surface area contributed by atoms with Crippen molar-refractivity contribution in [2.45, 2.75) is 32.7 Å². The Kier molecular flexibility index (Phi) is 3.97. The van der Waals surface area contributed by atoms with E-state index in [0.717, 1.165) is 11.3 Å². The molecule has 0 radical (unpaired) electrons. The molecule has 2 aromatic rings. The molecule has 2 nitrogen and oxygen atoms in total. The van der Waals surface area contributed by atoms with E-state index in [-0.39, 0.29) is 5.41 Å². The third kappa shape index (κ3) is 2.99. The van der Waals surface area contributed by atoms with Gasteiger partial charge in [-0.15, -0.1) is 11.3 Å². The fourth-order valence-electron chi connectivity index (χ4n) is 2.00. The van der Waals surface area contributed by atoms with Gasteiger partial charge < -0.3 is 10.5 Å². The Labute approximate surface area is 119 Å². The minimum atomic E-state index is 0.134. The molecule has 0 atom stereocenters. The molecule has 0 unspecified atom stereocenters. The molecule has 102 valence electrons. The van der Waals surface area contributed by atoms with Crippen LogP contribution in [-0.2, 0) is 12.0 Å². The Bertz CT molecular complexity index is 566. The van der Waals surface area contributed by atoms with Gasteiger partial charge in [-0.2, -0.15) is 0 Å². The first kappa shape index (κ1) is 14.1. The molecule has 1 aromatic heterocycles. The second kappa shape index (κ2) is 5.35. The van der Waals surface area contributed by atoms with Gasteiger partial charge in [0.15, 0.2) is 0 Å². The first-order valence-electron chi connectivity index (χ1n) is 6.43. The average molecular weight is 275 g/mol. The molecule has 0 spiro atoms. The van der Waals surface area contributed by atoms with Gasteiger partial charge in [-0.05, 0) is 35.2 Å². The monoisotopic (exact) mass is 275 g/mol. The highest BCUT2D eigenvalue weighted by molar-refractivity contribution is 7.15. The van der Waals surface area contributed by atoms with E-state index in [1.807, 2.05) is 0 Å². The lowest BCUT2D eigenvalue weighted by Crippen LogP contribution is -2.11. The van der Waals surface area contributed by atoms with E-state index in [1.165, 1.54) is 15.3 Å². The van der Waals surface area contributed by atoms with E-state index in [0.29, 0.717) is 6.54 Å². The number of nitrogens with two attached hydrogens (primary N) is 1. The van der Waals surface area contributed by atoms with Crippen LogP contribution in [0.15, 0.2) is 30.3 Å². The van der Waals surface area contributed by atoms with Crippen LogP contribution in [0.3, 0.4) is 0 Å². The van der Waals surface area contributed by atoms with Gasteiger partial charge in [-0.3, -0.25) is 0 Å². The lowest BCUT2D eigenvalue weighted by molar-refractivity contribution is 0.416. The lowest BCUT2D eigenvalue weighted by atomic mass is 9.86. The molecule has 0 saturated heterocycles. The molecule has 3 heteroatoms. The lowest BCUT2D eigenvalue weighted by Gasteiger charge is -2.20. The third-order valence-electron chi connectivity index (χ3n) is 3.19. The summed E-state index contributed by atoms with van der Waals surface area (Å²) in [6.07, 6.45) is 0. The molecular formula is C16H21NOS. The Balaban J connectivity index is 2.53. The maximum Gasteiger partial charge on any atom is 0.127 e. The molecule has 0 aliphatic carbocycles. The first-order chi connectivity index (χ1) is 8.95. The molecule has 0 aliphatic heterocycles. The molecule has 0 bridgehead atoms. The summed E-state index contributed by atoms with van der Waals surface area (Å²) in [7, 11) is 1.72. The van der Waals surface area contributed by atoms with Crippen molar-refractivity contribution in [1.29, 1.82) is 0 Å². The van der Waals surface area contributed by atoms with Crippen molar-refractivity contribution in [2.24, 2.45) is 5.73 Å². The van der Waals surface area contributed by atoms with Gasteiger partial charge in [0.2, 0.25) is 0 Å². The van der Waals surface area contributed by atoms with E-state index < -0.39 is 0 Å². The fourth-order valence-corrected chi connectivity index (χ4v) is 2.91. The summed E-state index contributed by atoms with van der Waals surface area (Å²) in [6, 6.07) is 10.6. The average Bonchev–Trinajstić information content (AvgIpc) is 2.85. The summed E-state index contributed by atoms with van der Waals surface area (Å²) in [6.45, 7) is 7.25. The van der Waals surface area contributed by atoms with E-state index in [9.17, 15) is 0 Å². The molecule has 0 amide bonds. The fraction of sp³-hybridized carbons (Fsp3) is 0.375. The number of hydrogen-bond acceptors (Lipinski definition) is 3. The van der Waals surface area contributed by atoms with E-state index >= 15 is 0 Å². The topological polar surface area (TPSA) is 35.2 Å². The molecule has 2 N–H and O–H groups in total. The number of ether oxygens (including phenoxy) is 1. The van der Waals surface area contributed by atoms with Crippen LogP contribution in [0.25, 0.3) is 10.4 Å². The Morgan fingerprint density at radius 2 is 1.89 bits per heavy atom. The predicted octanol–water partition coefficient (Wildman–Crippen LogP) is 4.18. The molecule has 2 rings (SSSR count). The predicted molar refractivity (Wildman–Crippen MR) is 82.9 cm³/mol. The SMILES string of the molecule is COc1ccc(C(C)(C)C)cc1-c1ccc(CN)s1. The van der Waals surface area contributed by atoms with Gasteiger partial charge >= 0.3 is 0 Å². The maximum atomic E-state index is 5.69. The van der Waals surface area contributed by atoms with Gasteiger partial charge in [0.1, 0.15) is 5.75 Å². The molecule has 1 heterocycles. The third-order valence-corrected chi connectivity index (χ3v) is 4.33. The molecule has 0 aliphatic rings. The molecule has 19 heavy (non-hydrogen) atoms. The largest absolute Gasteiger partial charge is 0.496 e. The highest BCUT2D eigenvalue weighted by atomic mass is 32.1. The summed E-state index contributed by atoms with van der Waals surface area (Å²) < 4.78 is 5.49. The summed E-state index contributed by atoms with van der Waals surface area (Å²) in [5.41, 5.74) is 8.29. The number of rotatable bonds is 3. The summed E-state index contributed by atoms with van der Waals surface area (Å²) in [5, 5.41) is 0. The van der Waals surface area contributed by atoms with Crippen molar-refractivity contribution < 1.29 is 4.74 Å². The van der Waals surface area contributed by atoms with Gasteiger partial charge in [-0.1, -0.05) is 26.8 Å². The summed E-state index contributed by atoms with van der Waals surface area (Å²) >= 11 is 1.73. The zero-order valence-electron chi connectivity index (χ0n) is 12.0. The highest BCUT2D eigenvalue weighted by Crippen LogP contribution is 2.37. The Hall–Kier alpha value is -1.32. The van der Waals surface area contributed by atoms with E-state index in [1.54, 1.807) is 18.4 Å². The molecule has 1 aromatic carbocycles. The van der Waals surface area contributed by atoms with Crippen LogP contribution in [-0.4, -0.2) is 7.11 Å². The summed E-state index contributed by atoms with van der Waals surface area (Å²) in [5.74, 6) is 0.915. The number of hydrogen-bond donors (Lipinski definition) is 1. The molecular weight excluding hydrogens is 254 g/mol. The molecule has 0 saturated carbocycles. The van der Waals surface area contributed by atoms with Gasteiger partial charge in [0.25, 0.3) is 0 Å². The smallest absolute Gasteiger partial charge is 0.127 e.